The Kier molecular flexibility index (Phi) is 4.55. The molecule has 1 aromatic rings. The third-order valence-electron chi connectivity index (χ3n) is 3.18. The van der Waals surface area contributed by atoms with E-state index in [1.165, 1.54) is 0 Å². The highest BCUT2D eigenvalue weighted by Gasteiger charge is 2.16. The Morgan fingerprint density at radius 3 is 2.71 bits per heavy atom. The first kappa shape index (κ1) is 13.6. The highest BCUT2D eigenvalue weighted by molar-refractivity contribution is 5.99. The van der Waals surface area contributed by atoms with Gasteiger partial charge in [-0.2, -0.15) is 0 Å². The topological polar surface area (TPSA) is 46.3 Å². The van der Waals surface area contributed by atoms with Crippen LogP contribution < -0.4 is 5.73 Å². The minimum Gasteiger partial charge on any atom is -0.398 e. The first-order chi connectivity index (χ1) is 7.97. The number of aryl methyl sites for hydroxylation is 1. The van der Waals surface area contributed by atoms with Crippen LogP contribution in [0.5, 0.6) is 0 Å². The van der Waals surface area contributed by atoms with E-state index in [0.29, 0.717) is 17.2 Å². The number of carbonyl (C=O) groups excluding carboxylic acids is 1. The minimum atomic E-state index is 0.00602. The van der Waals surface area contributed by atoms with Crippen molar-refractivity contribution in [1.29, 1.82) is 0 Å². The molecular weight excluding hydrogens is 212 g/mol. The third-order valence-corrected chi connectivity index (χ3v) is 3.18. The second-order valence-corrected chi connectivity index (χ2v) is 4.74. The summed E-state index contributed by atoms with van der Waals surface area (Å²) in [5.41, 5.74) is 8.09. The molecule has 17 heavy (non-hydrogen) atoms. The molecule has 2 N–H and O–H groups in total. The van der Waals surface area contributed by atoms with Crippen LogP contribution in [-0.4, -0.2) is 24.4 Å². The van der Waals surface area contributed by atoms with Gasteiger partial charge in [-0.05, 0) is 24.5 Å². The Balaban J connectivity index is 2.85. The molecule has 0 spiro atoms. The van der Waals surface area contributed by atoms with Gasteiger partial charge in [0.1, 0.15) is 0 Å². The van der Waals surface area contributed by atoms with E-state index >= 15 is 0 Å². The van der Waals surface area contributed by atoms with E-state index in [-0.39, 0.29) is 5.91 Å². The number of nitrogens with two attached hydrogens (primary N) is 1. The van der Waals surface area contributed by atoms with Gasteiger partial charge in [-0.25, -0.2) is 0 Å². The maximum absolute atomic E-state index is 12.2. The zero-order chi connectivity index (χ0) is 13.0. The van der Waals surface area contributed by atoms with Crippen LogP contribution >= 0.6 is 0 Å². The molecule has 0 aliphatic rings. The minimum absolute atomic E-state index is 0.00602. The van der Waals surface area contributed by atoms with E-state index in [9.17, 15) is 4.79 Å². The van der Waals surface area contributed by atoms with Gasteiger partial charge in [0, 0.05) is 19.3 Å². The molecule has 0 aliphatic heterocycles. The van der Waals surface area contributed by atoms with Crippen molar-refractivity contribution in [3.05, 3.63) is 29.3 Å². The molecule has 1 aromatic carbocycles. The molecule has 0 aliphatic carbocycles. The van der Waals surface area contributed by atoms with Crippen LogP contribution in [-0.2, 0) is 0 Å². The summed E-state index contributed by atoms with van der Waals surface area (Å²) < 4.78 is 0. The number of rotatable bonds is 4. The van der Waals surface area contributed by atoms with Crippen molar-refractivity contribution in [3.63, 3.8) is 0 Å². The summed E-state index contributed by atoms with van der Waals surface area (Å²) in [5, 5.41) is 0. The van der Waals surface area contributed by atoms with Crippen molar-refractivity contribution in [2.75, 3.05) is 19.3 Å². The maximum atomic E-state index is 12.2. The fraction of sp³-hybridized carbons (Fsp3) is 0.500. The highest BCUT2D eigenvalue weighted by atomic mass is 16.2. The van der Waals surface area contributed by atoms with Crippen LogP contribution in [0.1, 0.15) is 36.2 Å². The van der Waals surface area contributed by atoms with Gasteiger partial charge in [-0.15, -0.1) is 0 Å². The molecule has 0 saturated heterocycles. The van der Waals surface area contributed by atoms with Crippen LogP contribution in [0.3, 0.4) is 0 Å². The molecule has 0 aromatic heterocycles. The van der Waals surface area contributed by atoms with Gasteiger partial charge in [-0.1, -0.05) is 32.4 Å². The van der Waals surface area contributed by atoms with E-state index in [1.54, 1.807) is 11.0 Å². The number of para-hydroxylation sites is 1. The summed E-state index contributed by atoms with van der Waals surface area (Å²) in [6.07, 6.45) is 1.07. The monoisotopic (exact) mass is 234 g/mol. The van der Waals surface area contributed by atoms with E-state index in [0.717, 1.165) is 18.5 Å². The first-order valence-electron chi connectivity index (χ1n) is 6.07. The lowest BCUT2D eigenvalue weighted by atomic mass is 10.1. The number of hydrogen-bond donors (Lipinski definition) is 1. The van der Waals surface area contributed by atoms with Crippen molar-refractivity contribution in [3.8, 4) is 0 Å². The molecule has 0 saturated carbocycles. The Morgan fingerprint density at radius 2 is 2.12 bits per heavy atom. The van der Waals surface area contributed by atoms with Gasteiger partial charge in [0.25, 0.3) is 5.91 Å². The van der Waals surface area contributed by atoms with Crippen LogP contribution in [0.25, 0.3) is 0 Å². The number of hydrogen-bond acceptors (Lipinski definition) is 2. The summed E-state index contributed by atoms with van der Waals surface area (Å²) in [6.45, 7) is 6.96. The Morgan fingerprint density at radius 1 is 1.47 bits per heavy atom. The number of nitrogen functional groups attached to an aromatic ring is 1. The zero-order valence-corrected chi connectivity index (χ0v) is 11.2. The number of amides is 1. The van der Waals surface area contributed by atoms with Gasteiger partial charge in [0.15, 0.2) is 0 Å². The van der Waals surface area contributed by atoms with Crippen LogP contribution in [0.15, 0.2) is 18.2 Å². The molecule has 1 atom stereocenters. The van der Waals surface area contributed by atoms with Crippen molar-refractivity contribution in [1.82, 2.24) is 4.90 Å². The van der Waals surface area contributed by atoms with Crippen molar-refractivity contribution in [2.45, 2.75) is 27.2 Å². The molecule has 1 unspecified atom stereocenters. The molecule has 0 radical (unpaired) electrons. The summed E-state index contributed by atoms with van der Waals surface area (Å²) >= 11 is 0. The summed E-state index contributed by atoms with van der Waals surface area (Å²) in [5.74, 6) is 0.515. The lowest BCUT2D eigenvalue weighted by molar-refractivity contribution is 0.0776. The zero-order valence-electron chi connectivity index (χ0n) is 11.2. The number of carbonyl (C=O) groups is 1. The normalized spacial score (nSPS) is 12.2. The Labute approximate surface area is 104 Å². The lowest BCUT2D eigenvalue weighted by Gasteiger charge is -2.21. The number of anilines is 1. The second kappa shape index (κ2) is 5.71. The van der Waals surface area contributed by atoms with Gasteiger partial charge in [-0.3, -0.25) is 4.79 Å². The molecule has 3 heteroatoms. The van der Waals surface area contributed by atoms with Gasteiger partial charge < -0.3 is 10.6 Å². The van der Waals surface area contributed by atoms with Crippen LogP contribution in [0.2, 0.25) is 0 Å². The standard InChI is InChI=1S/C14H22N2O/c1-5-10(2)9-16(4)14(17)12-8-6-7-11(3)13(12)15/h6-8,10H,5,9,15H2,1-4H3. The van der Waals surface area contributed by atoms with E-state index in [4.69, 9.17) is 5.73 Å². The fourth-order valence-corrected chi connectivity index (χ4v) is 1.75. The third kappa shape index (κ3) is 3.22. The molecule has 0 bridgehead atoms. The molecule has 0 fully saturated rings. The molecule has 3 nitrogen and oxygen atoms in total. The predicted octanol–water partition coefficient (Wildman–Crippen LogP) is 2.70. The van der Waals surface area contributed by atoms with E-state index in [1.807, 2.05) is 26.1 Å². The van der Waals surface area contributed by atoms with Crippen molar-refractivity contribution in [2.24, 2.45) is 5.92 Å². The van der Waals surface area contributed by atoms with Crippen molar-refractivity contribution >= 4 is 11.6 Å². The largest absolute Gasteiger partial charge is 0.398 e. The van der Waals surface area contributed by atoms with Gasteiger partial charge in [0.2, 0.25) is 0 Å². The molecule has 1 rings (SSSR count). The quantitative estimate of drug-likeness (QED) is 0.814. The number of benzene rings is 1. The molecule has 1 amide bonds. The molecule has 94 valence electrons. The average molecular weight is 234 g/mol. The Bertz CT molecular complexity index is 401. The van der Waals surface area contributed by atoms with E-state index in [2.05, 4.69) is 13.8 Å². The Hall–Kier alpha value is -1.51. The second-order valence-electron chi connectivity index (χ2n) is 4.74. The molecule has 0 heterocycles. The average Bonchev–Trinajstić information content (AvgIpc) is 2.31. The van der Waals surface area contributed by atoms with Gasteiger partial charge >= 0.3 is 0 Å². The number of nitrogens with zero attached hydrogens (tertiary/aromatic N) is 1. The summed E-state index contributed by atoms with van der Waals surface area (Å²) in [4.78, 5) is 14.0. The van der Waals surface area contributed by atoms with E-state index < -0.39 is 0 Å². The van der Waals surface area contributed by atoms with Crippen LogP contribution in [0.4, 0.5) is 5.69 Å². The fourth-order valence-electron chi connectivity index (χ4n) is 1.75. The SMILES string of the molecule is CCC(C)CN(C)C(=O)c1cccc(C)c1N. The predicted molar refractivity (Wildman–Crippen MR) is 72.0 cm³/mol. The first-order valence-corrected chi connectivity index (χ1v) is 6.07. The van der Waals surface area contributed by atoms with Gasteiger partial charge in [0.05, 0.1) is 5.56 Å². The van der Waals surface area contributed by atoms with Crippen LogP contribution in [0, 0.1) is 12.8 Å². The summed E-state index contributed by atoms with van der Waals surface area (Å²) in [6, 6.07) is 5.58. The maximum Gasteiger partial charge on any atom is 0.255 e. The smallest absolute Gasteiger partial charge is 0.255 e. The molecular formula is C14H22N2O. The lowest BCUT2D eigenvalue weighted by Crippen LogP contribution is -2.31. The summed E-state index contributed by atoms with van der Waals surface area (Å²) in [7, 11) is 1.83. The highest BCUT2D eigenvalue weighted by Crippen LogP contribution is 2.18. The van der Waals surface area contributed by atoms with Crippen molar-refractivity contribution < 1.29 is 4.79 Å².